The van der Waals surface area contributed by atoms with Gasteiger partial charge in [0.05, 0.1) is 6.10 Å². The van der Waals surface area contributed by atoms with Gasteiger partial charge in [-0.2, -0.15) is 0 Å². The quantitative estimate of drug-likeness (QED) is 0.735. The first-order valence-corrected chi connectivity index (χ1v) is 8.63. The average Bonchev–Trinajstić information content (AvgIpc) is 2.76. The number of fused-ring (bicyclic) bond motifs is 4. The van der Waals surface area contributed by atoms with Gasteiger partial charge in [-0.15, -0.1) is 0 Å². The average molecular weight is 286 g/mol. The zero-order chi connectivity index (χ0) is 14.8. The first kappa shape index (κ1) is 13.8. The van der Waals surface area contributed by atoms with Crippen molar-refractivity contribution < 1.29 is 9.90 Å². The summed E-state index contributed by atoms with van der Waals surface area (Å²) in [5.41, 5.74) is 4.52. The van der Waals surface area contributed by atoms with E-state index in [0.29, 0.717) is 23.5 Å². The molecule has 2 heteroatoms. The molecule has 0 spiro atoms. The Morgan fingerprint density at radius 3 is 2.86 bits per heavy atom. The third-order valence-electron chi connectivity index (χ3n) is 7.17. The Bertz CT molecular complexity index is 556. The number of hydrogen-bond donors (Lipinski definition) is 1. The molecule has 4 aliphatic carbocycles. The van der Waals surface area contributed by atoms with Gasteiger partial charge in [-0.1, -0.05) is 12.5 Å². The summed E-state index contributed by atoms with van der Waals surface area (Å²) in [4.78, 5) is 11.8. The molecule has 2 saturated carbocycles. The highest BCUT2D eigenvalue weighted by molar-refractivity contribution is 5.92. The fourth-order valence-corrected chi connectivity index (χ4v) is 5.85. The minimum Gasteiger partial charge on any atom is -0.393 e. The van der Waals surface area contributed by atoms with Gasteiger partial charge in [-0.3, -0.25) is 4.79 Å². The lowest BCUT2D eigenvalue weighted by atomic mass is 9.56. The molecule has 0 heterocycles. The Balaban J connectivity index is 1.76. The normalized spacial score (nSPS) is 45.9. The lowest BCUT2D eigenvalue weighted by Crippen LogP contribution is -2.43. The number of carbonyl (C=O) groups is 1. The van der Waals surface area contributed by atoms with Gasteiger partial charge >= 0.3 is 0 Å². The fourth-order valence-electron chi connectivity index (χ4n) is 5.85. The van der Waals surface area contributed by atoms with Gasteiger partial charge in [0, 0.05) is 6.42 Å². The van der Waals surface area contributed by atoms with Crippen LogP contribution >= 0.6 is 0 Å². The summed E-state index contributed by atoms with van der Waals surface area (Å²) in [6, 6.07) is 0. The van der Waals surface area contributed by atoms with Crippen molar-refractivity contribution >= 4 is 5.78 Å². The topological polar surface area (TPSA) is 37.3 Å². The van der Waals surface area contributed by atoms with Crippen LogP contribution in [-0.4, -0.2) is 17.0 Å². The predicted molar refractivity (Wildman–Crippen MR) is 82.7 cm³/mol. The van der Waals surface area contributed by atoms with E-state index >= 15 is 0 Å². The van der Waals surface area contributed by atoms with Crippen molar-refractivity contribution in [2.24, 2.45) is 23.2 Å². The molecular weight excluding hydrogens is 260 g/mol. The van der Waals surface area contributed by atoms with Gasteiger partial charge in [0.2, 0.25) is 0 Å². The summed E-state index contributed by atoms with van der Waals surface area (Å²) >= 11 is 0. The Kier molecular flexibility index (Phi) is 2.98. The molecule has 0 saturated heterocycles. The number of aliphatic hydroxyl groups is 1. The van der Waals surface area contributed by atoms with Crippen molar-refractivity contribution in [3.05, 3.63) is 22.8 Å². The molecule has 21 heavy (non-hydrogen) atoms. The van der Waals surface area contributed by atoms with Crippen LogP contribution in [0.25, 0.3) is 0 Å². The van der Waals surface area contributed by atoms with Gasteiger partial charge in [-0.25, -0.2) is 0 Å². The molecule has 0 aromatic carbocycles. The number of aliphatic hydroxyl groups excluding tert-OH is 1. The van der Waals surface area contributed by atoms with Crippen LogP contribution in [0.1, 0.15) is 58.8 Å². The molecule has 2 fully saturated rings. The maximum atomic E-state index is 11.8. The van der Waals surface area contributed by atoms with Crippen LogP contribution in [0.2, 0.25) is 0 Å². The van der Waals surface area contributed by atoms with Crippen LogP contribution in [0.5, 0.6) is 0 Å². The van der Waals surface area contributed by atoms with Crippen molar-refractivity contribution in [1.82, 2.24) is 0 Å². The van der Waals surface area contributed by atoms with E-state index in [2.05, 4.69) is 13.8 Å². The van der Waals surface area contributed by atoms with Crippen molar-refractivity contribution in [2.45, 2.75) is 64.9 Å². The van der Waals surface area contributed by atoms with Gasteiger partial charge in [0.15, 0.2) is 5.78 Å². The first-order valence-electron chi connectivity index (χ1n) is 8.63. The summed E-state index contributed by atoms with van der Waals surface area (Å²) in [5.74, 6) is 2.23. The van der Waals surface area contributed by atoms with Gasteiger partial charge in [0.1, 0.15) is 0 Å². The third-order valence-corrected chi connectivity index (χ3v) is 7.17. The van der Waals surface area contributed by atoms with E-state index < -0.39 is 0 Å². The Morgan fingerprint density at radius 1 is 1.24 bits per heavy atom. The van der Waals surface area contributed by atoms with Gasteiger partial charge < -0.3 is 5.11 Å². The van der Waals surface area contributed by atoms with Crippen molar-refractivity contribution in [3.8, 4) is 0 Å². The van der Waals surface area contributed by atoms with E-state index in [1.807, 2.05) is 6.08 Å². The molecule has 114 valence electrons. The second-order valence-corrected chi connectivity index (χ2v) is 8.00. The lowest BCUT2D eigenvalue weighted by molar-refractivity contribution is -0.115. The molecule has 0 amide bonds. The summed E-state index contributed by atoms with van der Waals surface area (Å²) in [6.45, 7) is 4.56. The van der Waals surface area contributed by atoms with Crippen LogP contribution in [0.15, 0.2) is 22.8 Å². The lowest BCUT2D eigenvalue weighted by Gasteiger charge is -2.49. The molecule has 4 rings (SSSR count). The van der Waals surface area contributed by atoms with Crippen LogP contribution in [0.4, 0.5) is 0 Å². The minimum absolute atomic E-state index is 0.103. The maximum absolute atomic E-state index is 11.8. The molecule has 0 aromatic rings. The monoisotopic (exact) mass is 286 g/mol. The molecule has 0 aromatic heterocycles. The highest BCUT2D eigenvalue weighted by Gasteiger charge is 2.53. The highest BCUT2D eigenvalue weighted by atomic mass is 16.3. The van der Waals surface area contributed by atoms with Crippen molar-refractivity contribution in [2.75, 3.05) is 0 Å². The Morgan fingerprint density at radius 2 is 2.05 bits per heavy atom. The number of rotatable bonds is 0. The molecule has 1 unspecified atom stereocenters. The molecule has 2 nitrogen and oxygen atoms in total. The largest absolute Gasteiger partial charge is 0.393 e. The highest BCUT2D eigenvalue weighted by Crippen LogP contribution is 2.60. The van der Waals surface area contributed by atoms with Crippen LogP contribution < -0.4 is 0 Å². The zero-order valence-corrected chi connectivity index (χ0v) is 13.2. The van der Waals surface area contributed by atoms with E-state index in [4.69, 9.17) is 0 Å². The number of hydrogen-bond acceptors (Lipinski definition) is 2. The second kappa shape index (κ2) is 4.55. The third kappa shape index (κ3) is 1.84. The van der Waals surface area contributed by atoms with Gasteiger partial charge in [-0.05, 0) is 85.8 Å². The van der Waals surface area contributed by atoms with Crippen molar-refractivity contribution in [3.63, 3.8) is 0 Å². The van der Waals surface area contributed by atoms with Crippen LogP contribution in [0, 0.1) is 23.2 Å². The van der Waals surface area contributed by atoms with E-state index in [9.17, 15) is 9.90 Å². The number of ketones is 1. The summed E-state index contributed by atoms with van der Waals surface area (Å²) in [6.07, 6.45) is 9.23. The standard InChI is InChI=1S/C19H26O2/c1-11-14-7-8-19(2)17(5-6-18(19)21)16(14)9-12-3-4-13(20)10-15(11)12/h10,12,16-18,21H,3-9H2,1-2H3/t12-,16?,17-,18-,19-/m0/s1. The fraction of sp³-hybridized carbons (Fsp3) is 0.737. The van der Waals surface area contributed by atoms with Gasteiger partial charge in [0.25, 0.3) is 0 Å². The predicted octanol–water partition coefficient (Wildman–Crippen LogP) is 3.80. The smallest absolute Gasteiger partial charge is 0.156 e. The number of carbonyl (C=O) groups excluding carboxylic acids is 1. The first-order chi connectivity index (χ1) is 10.0. The van der Waals surface area contributed by atoms with E-state index in [-0.39, 0.29) is 11.5 Å². The molecule has 0 bridgehead atoms. The SMILES string of the molecule is CC1=C2CC[C@]3(C)[C@@H](O)CC[C@H]3C2C[C@@H]2CCC(=O)C=C12. The van der Waals surface area contributed by atoms with Crippen molar-refractivity contribution in [1.29, 1.82) is 0 Å². The molecule has 1 N–H and O–H groups in total. The van der Waals surface area contributed by atoms with E-state index in [1.165, 1.54) is 24.0 Å². The van der Waals surface area contributed by atoms with Crippen LogP contribution in [0.3, 0.4) is 0 Å². The van der Waals surface area contributed by atoms with Crippen LogP contribution in [-0.2, 0) is 4.79 Å². The molecule has 0 aliphatic heterocycles. The second-order valence-electron chi connectivity index (χ2n) is 8.00. The maximum Gasteiger partial charge on any atom is 0.156 e. The zero-order valence-electron chi connectivity index (χ0n) is 13.2. The minimum atomic E-state index is -0.103. The molecular formula is C19H26O2. The van der Waals surface area contributed by atoms with E-state index in [0.717, 1.165) is 32.1 Å². The Hall–Kier alpha value is -0.890. The molecule has 5 atom stereocenters. The summed E-state index contributed by atoms with van der Waals surface area (Å²) in [5, 5.41) is 10.4. The Labute approximate surface area is 127 Å². The van der Waals surface area contributed by atoms with E-state index in [1.54, 1.807) is 5.57 Å². The summed E-state index contributed by atoms with van der Waals surface area (Å²) < 4.78 is 0. The molecule has 4 aliphatic rings. The molecule has 0 radical (unpaired) electrons. The summed E-state index contributed by atoms with van der Waals surface area (Å²) in [7, 11) is 0. The number of allylic oxidation sites excluding steroid dienone is 4.